The van der Waals surface area contributed by atoms with Crippen LogP contribution in [-0.2, 0) is 10.0 Å². The van der Waals surface area contributed by atoms with E-state index >= 15 is 0 Å². The molecule has 0 aliphatic carbocycles. The van der Waals surface area contributed by atoms with Gasteiger partial charge in [-0.15, -0.1) is 0 Å². The molecular weight excluding hydrogens is 366 g/mol. The predicted molar refractivity (Wildman–Crippen MR) is 99.6 cm³/mol. The van der Waals surface area contributed by atoms with Crippen molar-refractivity contribution >= 4 is 27.0 Å². The zero-order valence-corrected chi connectivity index (χ0v) is 15.6. The zero-order chi connectivity index (χ0) is 19.0. The number of hydrogen-bond donors (Lipinski definition) is 1. The first-order valence-corrected chi connectivity index (χ1v) is 10.1. The van der Waals surface area contributed by atoms with Crippen molar-refractivity contribution in [2.75, 3.05) is 19.6 Å². The van der Waals surface area contributed by atoms with Crippen molar-refractivity contribution in [1.29, 1.82) is 0 Å². The minimum absolute atomic E-state index is 0.184. The molecule has 4 rings (SSSR count). The Labute approximate surface area is 156 Å². The summed E-state index contributed by atoms with van der Waals surface area (Å²) in [5, 5.41) is 0.566. The Balaban J connectivity index is 1.57. The molecule has 3 aromatic heterocycles. The number of H-pyrrole nitrogens is 1. The maximum absolute atomic E-state index is 13.2. The molecule has 27 heavy (non-hydrogen) atoms. The molecular formula is C18H19N5O3S. The lowest BCUT2D eigenvalue weighted by atomic mass is 10.2. The third kappa shape index (κ3) is 3.08. The fourth-order valence-electron chi connectivity index (χ4n) is 3.40. The van der Waals surface area contributed by atoms with Crippen molar-refractivity contribution in [3.8, 4) is 0 Å². The minimum atomic E-state index is -3.70. The van der Waals surface area contributed by atoms with Crippen LogP contribution in [0.1, 0.15) is 17.4 Å². The van der Waals surface area contributed by atoms with Crippen LogP contribution < -0.4 is 0 Å². The Kier molecular flexibility index (Phi) is 4.40. The molecule has 0 bridgehead atoms. The van der Waals surface area contributed by atoms with E-state index in [1.165, 1.54) is 10.5 Å². The summed E-state index contributed by atoms with van der Waals surface area (Å²) in [6.45, 7) is 2.67. The first-order chi connectivity index (χ1) is 13.0. The molecule has 1 N–H and O–H groups in total. The van der Waals surface area contributed by atoms with Crippen molar-refractivity contribution in [3.05, 3.63) is 54.6 Å². The van der Waals surface area contributed by atoms with Gasteiger partial charge in [-0.3, -0.25) is 9.78 Å². The van der Waals surface area contributed by atoms with Gasteiger partial charge in [0.05, 0.1) is 0 Å². The molecule has 8 nitrogen and oxygen atoms in total. The van der Waals surface area contributed by atoms with Gasteiger partial charge in [0.2, 0.25) is 10.0 Å². The highest BCUT2D eigenvalue weighted by Crippen LogP contribution is 2.27. The first kappa shape index (κ1) is 17.6. The van der Waals surface area contributed by atoms with E-state index in [2.05, 4.69) is 15.0 Å². The molecule has 4 heterocycles. The number of aromatic amines is 1. The number of aromatic nitrogens is 3. The van der Waals surface area contributed by atoms with Gasteiger partial charge in [0.25, 0.3) is 5.91 Å². The van der Waals surface area contributed by atoms with Crippen LogP contribution in [0.4, 0.5) is 0 Å². The second-order valence-electron chi connectivity index (χ2n) is 6.48. The Morgan fingerprint density at radius 3 is 2.70 bits per heavy atom. The van der Waals surface area contributed by atoms with Gasteiger partial charge < -0.3 is 9.88 Å². The summed E-state index contributed by atoms with van der Waals surface area (Å²) in [6, 6.07) is 8.27. The van der Waals surface area contributed by atoms with Crippen molar-refractivity contribution in [2.24, 2.45) is 0 Å². The van der Waals surface area contributed by atoms with Crippen LogP contribution >= 0.6 is 0 Å². The second-order valence-corrected chi connectivity index (χ2v) is 8.34. The summed E-state index contributed by atoms with van der Waals surface area (Å²) in [7, 11) is -3.70. The number of carbonyl (C=O) groups is 1. The van der Waals surface area contributed by atoms with Crippen molar-refractivity contribution in [3.63, 3.8) is 0 Å². The molecule has 0 saturated carbocycles. The molecule has 1 fully saturated rings. The van der Waals surface area contributed by atoms with Gasteiger partial charge in [0.1, 0.15) is 16.2 Å². The number of pyridine rings is 2. The predicted octanol–water partition coefficient (Wildman–Crippen LogP) is 1.49. The number of sulfonamides is 1. The van der Waals surface area contributed by atoms with Gasteiger partial charge >= 0.3 is 0 Å². The van der Waals surface area contributed by atoms with Crippen LogP contribution in [0.5, 0.6) is 0 Å². The summed E-state index contributed by atoms with van der Waals surface area (Å²) in [5.74, 6) is -0.184. The molecule has 0 spiro atoms. The second kappa shape index (κ2) is 6.75. The number of fused-ring (bicyclic) bond motifs is 1. The average molecular weight is 385 g/mol. The molecule has 1 aliphatic heterocycles. The monoisotopic (exact) mass is 385 g/mol. The van der Waals surface area contributed by atoms with E-state index < -0.39 is 10.0 Å². The third-order valence-corrected chi connectivity index (χ3v) is 6.79. The highest BCUT2D eigenvalue weighted by molar-refractivity contribution is 7.89. The third-order valence-electron chi connectivity index (χ3n) is 4.74. The van der Waals surface area contributed by atoms with E-state index in [4.69, 9.17) is 0 Å². The quantitative estimate of drug-likeness (QED) is 0.736. The van der Waals surface area contributed by atoms with E-state index in [1.807, 2.05) is 6.92 Å². The molecule has 0 aromatic carbocycles. The number of nitrogens with one attached hydrogen (secondary N) is 1. The lowest BCUT2D eigenvalue weighted by molar-refractivity contribution is 0.0636. The first-order valence-electron chi connectivity index (χ1n) is 8.63. The van der Waals surface area contributed by atoms with Gasteiger partial charge in [0.15, 0.2) is 0 Å². The summed E-state index contributed by atoms with van der Waals surface area (Å²) >= 11 is 0. The Morgan fingerprint density at radius 2 is 1.96 bits per heavy atom. The summed E-state index contributed by atoms with van der Waals surface area (Å²) in [4.78, 5) is 25.6. The fourth-order valence-corrected chi connectivity index (χ4v) is 5.17. The highest BCUT2D eigenvalue weighted by atomic mass is 32.2. The van der Waals surface area contributed by atoms with Crippen molar-refractivity contribution in [2.45, 2.75) is 17.9 Å². The van der Waals surface area contributed by atoms with Crippen LogP contribution in [-0.4, -0.2) is 64.2 Å². The molecule has 0 unspecified atom stereocenters. The van der Waals surface area contributed by atoms with E-state index in [1.54, 1.807) is 47.6 Å². The summed E-state index contributed by atoms with van der Waals surface area (Å²) in [5.41, 5.74) is 0.899. The lowest BCUT2D eigenvalue weighted by Gasteiger charge is -2.38. The molecule has 140 valence electrons. The van der Waals surface area contributed by atoms with Gasteiger partial charge in [-0.2, -0.15) is 4.31 Å². The van der Waals surface area contributed by atoms with Crippen LogP contribution in [0.15, 0.2) is 53.8 Å². The molecule has 3 aromatic rings. The molecule has 1 atom stereocenters. The molecule has 1 aliphatic rings. The lowest BCUT2D eigenvalue weighted by Crippen LogP contribution is -2.55. The highest BCUT2D eigenvalue weighted by Gasteiger charge is 2.36. The van der Waals surface area contributed by atoms with Crippen LogP contribution in [0, 0.1) is 0 Å². The summed E-state index contributed by atoms with van der Waals surface area (Å²) < 4.78 is 27.8. The maximum atomic E-state index is 13.2. The number of piperazine rings is 1. The van der Waals surface area contributed by atoms with E-state index in [-0.39, 0.29) is 23.4 Å². The van der Waals surface area contributed by atoms with Gasteiger partial charge in [0, 0.05) is 49.7 Å². The molecule has 1 amide bonds. The van der Waals surface area contributed by atoms with Crippen molar-refractivity contribution in [1.82, 2.24) is 24.2 Å². The number of hydrogen-bond acceptors (Lipinski definition) is 5. The maximum Gasteiger partial charge on any atom is 0.272 e. The number of carbonyl (C=O) groups excluding carboxylic acids is 1. The van der Waals surface area contributed by atoms with E-state index in [0.29, 0.717) is 29.8 Å². The van der Waals surface area contributed by atoms with Crippen LogP contribution in [0.2, 0.25) is 0 Å². The number of nitrogens with zero attached hydrogens (tertiary/aromatic N) is 4. The van der Waals surface area contributed by atoms with E-state index in [9.17, 15) is 13.2 Å². The molecule has 1 saturated heterocycles. The normalized spacial score (nSPS) is 18.7. The Bertz CT molecular complexity index is 1080. The molecule has 9 heteroatoms. The average Bonchev–Trinajstić information content (AvgIpc) is 3.13. The largest absolute Gasteiger partial charge is 0.345 e. The van der Waals surface area contributed by atoms with Crippen molar-refractivity contribution < 1.29 is 13.2 Å². The molecule has 0 radical (unpaired) electrons. The van der Waals surface area contributed by atoms with Gasteiger partial charge in [-0.05, 0) is 31.2 Å². The summed E-state index contributed by atoms with van der Waals surface area (Å²) in [6.07, 6.45) is 4.66. The van der Waals surface area contributed by atoms with Crippen LogP contribution in [0.3, 0.4) is 0 Å². The topological polar surface area (TPSA) is 99.3 Å². The van der Waals surface area contributed by atoms with Gasteiger partial charge in [-0.25, -0.2) is 13.4 Å². The van der Waals surface area contributed by atoms with Crippen LogP contribution in [0.25, 0.3) is 11.0 Å². The standard InChI is InChI=1S/C18H19N5O3S/c1-13-12-22(18(24)15-6-2-3-7-19-15)9-10-23(13)27(25,26)16-11-21-17-14(16)5-4-8-20-17/h2-8,11,13H,9-10,12H2,1H3,(H,20,21)/t13-/m0/s1. The minimum Gasteiger partial charge on any atom is -0.345 e. The zero-order valence-electron chi connectivity index (χ0n) is 14.7. The van der Waals surface area contributed by atoms with E-state index in [0.717, 1.165) is 0 Å². The fraction of sp³-hybridized carbons (Fsp3) is 0.278. The SMILES string of the molecule is C[C@H]1CN(C(=O)c2ccccn2)CCN1S(=O)(=O)c1c[nH]c2ncccc12. The van der Waals surface area contributed by atoms with Gasteiger partial charge in [-0.1, -0.05) is 6.07 Å². The Hall–Kier alpha value is -2.78. The Morgan fingerprint density at radius 1 is 1.15 bits per heavy atom. The smallest absolute Gasteiger partial charge is 0.272 e. The number of amides is 1. The number of rotatable bonds is 3.